The molecular formula is C50H46N4O13S. The van der Waals surface area contributed by atoms with E-state index in [1.807, 2.05) is 20.0 Å². The maximum Gasteiger partial charge on any atom is 0.351 e. The number of carbonyl (C=O) groups excluding carboxylic acids is 3. The number of carbonyl (C=O) groups is 3. The quantitative estimate of drug-likeness (QED) is 0.125. The van der Waals surface area contributed by atoms with Crippen molar-refractivity contribution in [1.82, 2.24) is 15.1 Å². The molecule has 1 aromatic heterocycles. The SMILES string of the molecule is COc1cc2c(cc1OC(=O)c1cc3ccccc3oc1=O)CCN[C@]21CS[C@@H]2c3c(OC(C)=O)c(C)c4c(c3[C@@H](COC1=O)N1C2[C@H]2c3c(cc(C)c(OC)c3O)C[C@H]([C@@H]1C#N)N2C)OCO4. The number of thioether (sulfide) groups is 1. The van der Waals surface area contributed by atoms with E-state index in [1.54, 1.807) is 43.3 Å². The number of esters is 3. The number of hydrogen-bond acceptors (Lipinski definition) is 18. The first kappa shape index (κ1) is 43.8. The maximum absolute atomic E-state index is 15.2. The lowest BCUT2D eigenvalue weighted by molar-refractivity contribution is -0.157. The molecule has 0 amide bonds. The minimum atomic E-state index is -1.52. The summed E-state index contributed by atoms with van der Waals surface area (Å²) in [5.41, 5.74) is 2.92. The molecule has 17 nitrogen and oxygen atoms in total. The number of phenolic OH excluding ortho intramolecular Hbond substituents is 1. The van der Waals surface area contributed by atoms with E-state index in [-0.39, 0.29) is 53.8 Å². The predicted molar refractivity (Wildman–Crippen MR) is 244 cm³/mol. The summed E-state index contributed by atoms with van der Waals surface area (Å²) >= 11 is 1.42. The van der Waals surface area contributed by atoms with Crippen LogP contribution in [0.25, 0.3) is 11.0 Å². The van der Waals surface area contributed by atoms with E-state index in [9.17, 15) is 24.8 Å². The Hall–Kier alpha value is -6.78. The van der Waals surface area contributed by atoms with Crippen molar-refractivity contribution in [2.24, 2.45) is 0 Å². The van der Waals surface area contributed by atoms with Gasteiger partial charge in [-0.15, -0.1) is 11.8 Å². The van der Waals surface area contributed by atoms with Crippen molar-refractivity contribution in [1.29, 1.82) is 5.26 Å². The first-order valence-electron chi connectivity index (χ1n) is 22.2. The molecule has 0 saturated carbocycles. The number of ether oxygens (including phenoxy) is 7. The Bertz CT molecular complexity index is 3130. The van der Waals surface area contributed by atoms with Gasteiger partial charge in [0.15, 0.2) is 40.0 Å². The molecule has 68 heavy (non-hydrogen) atoms. The average molecular weight is 943 g/mol. The number of likely N-dealkylation sites (N-methyl/N-ethyl adjacent to an activating group) is 1. The molecule has 4 aromatic carbocycles. The van der Waals surface area contributed by atoms with Crippen LogP contribution in [0, 0.1) is 25.2 Å². The smallest absolute Gasteiger partial charge is 0.351 e. The minimum absolute atomic E-state index is 0.00397. The average Bonchev–Trinajstić information content (AvgIpc) is 3.81. The molecule has 0 radical (unpaired) electrons. The number of fused-ring (bicyclic) bond motifs is 10. The molecule has 12 rings (SSSR count). The lowest BCUT2D eigenvalue weighted by atomic mass is 9.71. The van der Waals surface area contributed by atoms with Gasteiger partial charge in [0.2, 0.25) is 6.79 Å². The first-order chi connectivity index (χ1) is 32.8. The largest absolute Gasteiger partial charge is 0.504 e. The van der Waals surface area contributed by atoms with Gasteiger partial charge in [-0.3, -0.25) is 19.9 Å². The molecule has 5 aromatic rings. The monoisotopic (exact) mass is 942 g/mol. The number of para-hydroxylation sites is 1. The lowest BCUT2D eigenvalue weighted by Crippen LogP contribution is -2.69. The zero-order valence-electron chi connectivity index (χ0n) is 37.9. The van der Waals surface area contributed by atoms with Crippen LogP contribution >= 0.6 is 11.8 Å². The molecule has 18 heteroatoms. The van der Waals surface area contributed by atoms with E-state index in [2.05, 4.69) is 21.2 Å². The zero-order valence-corrected chi connectivity index (χ0v) is 38.7. The van der Waals surface area contributed by atoms with E-state index >= 15 is 4.79 Å². The summed E-state index contributed by atoms with van der Waals surface area (Å²) in [4.78, 5) is 59.2. The van der Waals surface area contributed by atoms with Crippen molar-refractivity contribution < 1.29 is 57.1 Å². The maximum atomic E-state index is 15.2. The number of nitriles is 1. The number of benzene rings is 4. The molecule has 7 aliphatic heterocycles. The van der Waals surface area contributed by atoms with Crippen LogP contribution in [0.3, 0.4) is 0 Å². The molecule has 8 heterocycles. The summed E-state index contributed by atoms with van der Waals surface area (Å²) in [5.74, 6) is -0.457. The van der Waals surface area contributed by atoms with Crippen LogP contribution in [0.1, 0.15) is 79.1 Å². The van der Waals surface area contributed by atoms with Crippen molar-refractivity contribution >= 4 is 40.6 Å². The third kappa shape index (κ3) is 6.32. The predicted octanol–water partition coefficient (Wildman–Crippen LogP) is 5.61. The van der Waals surface area contributed by atoms with E-state index < -0.39 is 58.5 Å². The van der Waals surface area contributed by atoms with Crippen LogP contribution < -0.4 is 39.4 Å². The number of nitrogens with zero attached hydrogens (tertiary/aromatic N) is 3. The third-order valence-corrected chi connectivity index (χ3v) is 16.0. The van der Waals surface area contributed by atoms with Crippen LogP contribution in [-0.4, -0.2) is 97.9 Å². The molecule has 7 aliphatic rings. The molecule has 2 N–H and O–H groups in total. The number of aromatic hydroxyl groups is 1. The molecule has 1 spiro atoms. The molecule has 7 atom stereocenters. The lowest BCUT2D eigenvalue weighted by Gasteiger charge is -2.62. The highest BCUT2D eigenvalue weighted by Crippen LogP contribution is 2.64. The van der Waals surface area contributed by atoms with Crippen molar-refractivity contribution in [3.63, 3.8) is 0 Å². The van der Waals surface area contributed by atoms with E-state index in [0.717, 1.165) is 11.1 Å². The van der Waals surface area contributed by atoms with Crippen LogP contribution in [0.15, 0.2) is 57.7 Å². The second kappa shape index (κ2) is 16.2. The van der Waals surface area contributed by atoms with Crippen LogP contribution in [-0.2, 0) is 32.7 Å². The van der Waals surface area contributed by atoms with Crippen molar-refractivity contribution in [3.8, 4) is 46.3 Å². The van der Waals surface area contributed by atoms with Gasteiger partial charge < -0.3 is 42.7 Å². The molecule has 0 aliphatic carbocycles. The Balaban J connectivity index is 1.08. The van der Waals surface area contributed by atoms with Crippen molar-refractivity contribution in [2.45, 2.75) is 74.6 Å². The van der Waals surface area contributed by atoms with Crippen molar-refractivity contribution in [3.05, 3.63) is 109 Å². The van der Waals surface area contributed by atoms with Gasteiger partial charge in [-0.2, -0.15) is 5.26 Å². The molecule has 1 unspecified atom stereocenters. The summed E-state index contributed by atoms with van der Waals surface area (Å²) in [6.07, 6.45) is 0.865. The Kier molecular flexibility index (Phi) is 10.4. The number of methoxy groups -OCH3 is 2. The van der Waals surface area contributed by atoms with E-state index in [1.165, 1.54) is 39.0 Å². The fourth-order valence-electron chi connectivity index (χ4n) is 11.6. The second-order valence-corrected chi connectivity index (χ2v) is 19.1. The second-order valence-electron chi connectivity index (χ2n) is 17.9. The van der Waals surface area contributed by atoms with Gasteiger partial charge in [-0.1, -0.05) is 24.3 Å². The highest BCUT2D eigenvalue weighted by molar-refractivity contribution is 7.99. The molecular weight excluding hydrogens is 897 g/mol. The van der Waals surface area contributed by atoms with Gasteiger partial charge in [0.05, 0.1) is 37.6 Å². The topological polar surface area (TPSA) is 209 Å². The summed E-state index contributed by atoms with van der Waals surface area (Å²) in [5, 5.41) is 26.9. The fraction of sp³-hybridized carbons (Fsp3) is 0.380. The van der Waals surface area contributed by atoms with Gasteiger partial charge in [-0.05, 0) is 80.3 Å². The van der Waals surface area contributed by atoms with Gasteiger partial charge in [0, 0.05) is 58.9 Å². The van der Waals surface area contributed by atoms with Gasteiger partial charge in [0.25, 0.3) is 0 Å². The van der Waals surface area contributed by atoms with Crippen molar-refractivity contribution in [2.75, 3.05) is 47.0 Å². The van der Waals surface area contributed by atoms with Crippen LogP contribution in [0.2, 0.25) is 0 Å². The van der Waals surface area contributed by atoms with E-state index in [4.69, 9.17) is 37.6 Å². The highest BCUT2D eigenvalue weighted by Gasteiger charge is 2.62. The number of phenols is 1. The standard InChI is InChI=1S/C50H46N4O13S/c1-22-13-27-15-30-31(18-51)54-32-19-62-49(59)50(29-17-34(60-5)35(16-25(29)11-12-52-50)67-48(58)28-14-26-9-7-8-10-33(26)66-47(28)57)20-68-46(40(54)39(53(30)4)36(27)41(56)42(22)61-6)38-37(32)45-44(63-21-64-45)23(2)43(38)65-24(3)55/h7-10,13-14,16-17,30-32,39-40,46,52,56H,11-12,15,19-21H2,1-6H3/t30-,31+,32-,39-,40?,46-,50-/m1/s1. The van der Waals surface area contributed by atoms with Gasteiger partial charge in [0.1, 0.15) is 29.5 Å². The number of rotatable bonds is 5. The summed E-state index contributed by atoms with van der Waals surface area (Å²) in [6.45, 7) is 4.98. The molecule has 2 fully saturated rings. The molecule has 350 valence electrons. The van der Waals surface area contributed by atoms with E-state index in [0.29, 0.717) is 81.0 Å². The summed E-state index contributed by atoms with van der Waals surface area (Å²) in [6, 6.07) is 13.1. The molecule has 2 saturated heterocycles. The highest BCUT2D eigenvalue weighted by atomic mass is 32.2. The minimum Gasteiger partial charge on any atom is -0.504 e. The van der Waals surface area contributed by atoms with Crippen LogP contribution in [0.4, 0.5) is 0 Å². The Morgan fingerprint density at radius 1 is 0.956 bits per heavy atom. The number of piperazine rings is 1. The Morgan fingerprint density at radius 2 is 1.75 bits per heavy atom. The normalized spacial score (nSPS) is 25.6. The zero-order chi connectivity index (χ0) is 47.5. The summed E-state index contributed by atoms with van der Waals surface area (Å²) < 4.78 is 47.9. The molecule has 4 bridgehead atoms. The number of hydrogen-bond donors (Lipinski definition) is 2. The number of nitrogens with one attached hydrogen (secondary N) is 1. The first-order valence-corrected chi connectivity index (χ1v) is 23.3. The Labute approximate surface area is 393 Å². The Morgan fingerprint density at radius 3 is 2.51 bits per heavy atom. The van der Waals surface area contributed by atoms with Gasteiger partial charge >= 0.3 is 23.5 Å². The number of aryl methyl sites for hydroxylation is 1. The third-order valence-electron chi connectivity index (χ3n) is 14.5. The van der Waals surface area contributed by atoms with Gasteiger partial charge in [-0.25, -0.2) is 14.4 Å². The fourth-order valence-corrected chi connectivity index (χ4v) is 13.3. The van der Waals surface area contributed by atoms with Crippen LogP contribution in [0.5, 0.6) is 40.2 Å². The summed E-state index contributed by atoms with van der Waals surface area (Å²) in [7, 11) is 4.89.